The molecule has 5 rings (SSSR count). The number of alkyl halides is 1. The number of carbonyl (C=O) groups excluding carboxylic acids is 1. The fourth-order valence-electron chi connectivity index (χ4n) is 3.89. The standard InChI is InChI=1S/C21H22FN5OS/c1-25-8-9-27(20(28)13-25)16-3-4-17-18(10-16)29-21(24-17)14-2-5-19(23-11-14)26-7-6-15(22)12-26/h2-5,10-11,15H,6-9,12-13H2,1H3/t15-/m0/s1. The highest BCUT2D eigenvalue weighted by atomic mass is 32.1. The van der Waals surface area contributed by atoms with Gasteiger partial charge in [-0.25, -0.2) is 14.4 Å². The molecule has 6 nitrogen and oxygen atoms in total. The van der Waals surface area contributed by atoms with Gasteiger partial charge in [-0.05, 0) is 43.8 Å². The van der Waals surface area contributed by atoms with Crippen LogP contribution in [0.3, 0.4) is 0 Å². The number of hydrogen-bond acceptors (Lipinski definition) is 6. The second-order valence-corrected chi connectivity index (χ2v) is 8.72. The number of nitrogens with zero attached hydrogens (tertiary/aromatic N) is 5. The summed E-state index contributed by atoms with van der Waals surface area (Å²) < 4.78 is 14.5. The van der Waals surface area contributed by atoms with E-state index in [4.69, 9.17) is 4.98 Å². The van der Waals surface area contributed by atoms with E-state index in [1.165, 1.54) is 0 Å². The molecule has 0 radical (unpaired) electrons. The summed E-state index contributed by atoms with van der Waals surface area (Å²) in [6, 6.07) is 9.93. The number of amides is 1. The summed E-state index contributed by atoms with van der Waals surface area (Å²) >= 11 is 1.60. The highest BCUT2D eigenvalue weighted by molar-refractivity contribution is 7.21. The second kappa shape index (κ2) is 7.35. The van der Waals surface area contributed by atoms with Gasteiger partial charge in [0, 0.05) is 37.1 Å². The molecule has 3 aromatic rings. The van der Waals surface area contributed by atoms with Gasteiger partial charge < -0.3 is 9.80 Å². The lowest BCUT2D eigenvalue weighted by atomic mass is 10.2. The highest BCUT2D eigenvalue weighted by Crippen LogP contribution is 2.33. The first-order valence-corrected chi connectivity index (χ1v) is 10.6. The quantitative estimate of drug-likeness (QED) is 0.663. The molecule has 0 bridgehead atoms. The van der Waals surface area contributed by atoms with E-state index < -0.39 is 6.17 Å². The van der Waals surface area contributed by atoms with Crippen LogP contribution in [-0.4, -0.2) is 66.7 Å². The number of halogens is 1. The number of piperazine rings is 1. The second-order valence-electron chi connectivity index (χ2n) is 7.69. The molecule has 4 heterocycles. The first-order chi connectivity index (χ1) is 14.1. The lowest BCUT2D eigenvalue weighted by Crippen LogP contribution is -2.48. The monoisotopic (exact) mass is 411 g/mol. The summed E-state index contributed by atoms with van der Waals surface area (Å²) in [7, 11) is 1.97. The van der Waals surface area contributed by atoms with Gasteiger partial charge in [0.2, 0.25) is 5.91 Å². The Balaban J connectivity index is 1.39. The predicted molar refractivity (Wildman–Crippen MR) is 114 cm³/mol. The third kappa shape index (κ3) is 3.58. The first kappa shape index (κ1) is 18.4. The van der Waals surface area contributed by atoms with Crippen LogP contribution >= 0.6 is 11.3 Å². The number of anilines is 2. The average molecular weight is 412 g/mol. The van der Waals surface area contributed by atoms with Crippen LogP contribution in [0.1, 0.15) is 6.42 Å². The van der Waals surface area contributed by atoms with Crippen LogP contribution in [-0.2, 0) is 4.79 Å². The fraction of sp³-hybridized carbons (Fsp3) is 0.381. The summed E-state index contributed by atoms with van der Waals surface area (Å²) in [5, 5.41) is 0.894. The lowest BCUT2D eigenvalue weighted by molar-refractivity contribution is -0.120. The van der Waals surface area contributed by atoms with Crippen molar-refractivity contribution < 1.29 is 9.18 Å². The van der Waals surface area contributed by atoms with Crippen molar-refractivity contribution >= 4 is 39.0 Å². The molecule has 0 saturated carbocycles. The molecule has 150 valence electrons. The zero-order valence-corrected chi connectivity index (χ0v) is 17.0. The van der Waals surface area contributed by atoms with Crippen molar-refractivity contribution in [3.8, 4) is 10.6 Å². The summed E-state index contributed by atoms with van der Waals surface area (Å²) in [6.07, 6.45) is 1.62. The maximum absolute atomic E-state index is 13.4. The Morgan fingerprint density at radius 2 is 2.07 bits per heavy atom. The van der Waals surface area contributed by atoms with Crippen LogP contribution in [0.2, 0.25) is 0 Å². The Morgan fingerprint density at radius 1 is 1.17 bits per heavy atom. The number of hydrogen-bond donors (Lipinski definition) is 0. The average Bonchev–Trinajstić information content (AvgIpc) is 3.34. The molecule has 1 amide bonds. The summed E-state index contributed by atoms with van der Waals surface area (Å²) in [6.45, 7) is 3.15. The number of thiazole rings is 1. The summed E-state index contributed by atoms with van der Waals surface area (Å²) in [4.78, 5) is 27.5. The smallest absolute Gasteiger partial charge is 0.241 e. The minimum Gasteiger partial charge on any atom is -0.354 e. The molecule has 8 heteroatoms. The van der Waals surface area contributed by atoms with E-state index in [0.29, 0.717) is 32.6 Å². The molecule has 0 spiro atoms. The normalized spacial score (nSPS) is 20.8. The Kier molecular flexibility index (Phi) is 4.67. The fourth-order valence-corrected chi connectivity index (χ4v) is 4.88. The maximum Gasteiger partial charge on any atom is 0.241 e. The topological polar surface area (TPSA) is 52.6 Å². The number of fused-ring (bicyclic) bond motifs is 1. The molecule has 2 aliphatic rings. The molecule has 1 aromatic carbocycles. The van der Waals surface area contributed by atoms with E-state index in [1.54, 1.807) is 11.3 Å². The van der Waals surface area contributed by atoms with Gasteiger partial charge in [-0.3, -0.25) is 9.69 Å². The summed E-state index contributed by atoms with van der Waals surface area (Å²) in [5.74, 6) is 0.936. The van der Waals surface area contributed by atoms with Crippen LogP contribution < -0.4 is 9.80 Å². The number of rotatable bonds is 3. The van der Waals surface area contributed by atoms with E-state index in [9.17, 15) is 9.18 Å². The molecule has 2 aromatic heterocycles. The largest absolute Gasteiger partial charge is 0.354 e. The van der Waals surface area contributed by atoms with Gasteiger partial charge >= 0.3 is 0 Å². The number of benzene rings is 1. The van der Waals surface area contributed by atoms with Crippen molar-refractivity contribution in [2.45, 2.75) is 12.6 Å². The van der Waals surface area contributed by atoms with Gasteiger partial charge in [-0.1, -0.05) is 0 Å². The van der Waals surface area contributed by atoms with Gasteiger partial charge in [0.15, 0.2) is 0 Å². The number of likely N-dealkylation sites (N-methyl/N-ethyl adjacent to an activating group) is 1. The molecule has 2 fully saturated rings. The Bertz CT molecular complexity index is 1050. The van der Waals surface area contributed by atoms with Crippen molar-refractivity contribution in [2.24, 2.45) is 0 Å². The van der Waals surface area contributed by atoms with Crippen LogP contribution in [0.15, 0.2) is 36.5 Å². The van der Waals surface area contributed by atoms with Gasteiger partial charge in [-0.2, -0.15) is 0 Å². The molecule has 2 saturated heterocycles. The van der Waals surface area contributed by atoms with Crippen LogP contribution in [0.5, 0.6) is 0 Å². The SMILES string of the molecule is CN1CCN(c2ccc3nc(-c4ccc(N5CC[C@H](F)C5)nc4)sc3c2)C(=O)C1. The molecular formula is C21H22FN5OS. The van der Waals surface area contributed by atoms with E-state index in [1.807, 2.05) is 58.3 Å². The van der Waals surface area contributed by atoms with Gasteiger partial charge in [0.1, 0.15) is 17.0 Å². The van der Waals surface area contributed by atoms with E-state index >= 15 is 0 Å². The van der Waals surface area contributed by atoms with Crippen molar-refractivity contribution in [1.29, 1.82) is 0 Å². The minimum atomic E-state index is -0.762. The van der Waals surface area contributed by atoms with Crippen molar-refractivity contribution in [2.75, 3.05) is 49.6 Å². The van der Waals surface area contributed by atoms with Gasteiger partial charge in [0.05, 0.1) is 23.3 Å². The van der Waals surface area contributed by atoms with Crippen molar-refractivity contribution in [1.82, 2.24) is 14.9 Å². The van der Waals surface area contributed by atoms with Crippen LogP contribution in [0.25, 0.3) is 20.8 Å². The third-order valence-corrected chi connectivity index (χ3v) is 6.61. The Morgan fingerprint density at radius 3 is 2.79 bits per heavy atom. The zero-order valence-electron chi connectivity index (χ0n) is 16.2. The Hall–Kier alpha value is -2.58. The summed E-state index contributed by atoms with van der Waals surface area (Å²) in [5.41, 5.74) is 2.79. The number of aromatic nitrogens is 2. The van der Waals surface area contributed by atoms with Crippen LogP contribution in [0, 0.1) is 0 Å². The lowest BCUT2D eigenvalue weighted by Gasteiger charge is -2.32. The van der Waals surface area contributed by atoms with Gasteiger partial charge in [0.25, 0.3) is 0 Å². The van der Waals surface area contributed by atoms with E-state index in [0.717, 1.165) is 38.8 Å². The molecular weight excluding hydrogens is 389 g/mol. The minimum absolute atomic E-state index is 0.125. The van der Waals surface area contributed by atoms with E-state index in [2.05, 4.69) is 4.98 Å². The van der Waals surface area contributed by atoms with Gasteiger partial charge in [-0.15, -0.1) is 11.3 Å². The van der Waals surface area contributed by atoms with Crippen molar-refractivity contribution in [3.05, 3.63) is 36.5 Å². The third-order valence-electron chi connectivity index (χ3n) is 5.54. The molecule has 29 heavy (non-hydrogen) atoms. The zero-order chi connectivity index (χ0) is 20.0. The number of pyridine rings is 1. The molecule has 2 aliphatic heterocycles. The molecule has 1 atom stereocenters. The molecule has 0 aliphatic carbocycles. The Labute approximate surface area is 172 Å². The molecule has 0 unspecified atom stereocenters. The first-order valence-electron chi connectivity index (χ1n) is 9.82. The molecule has 0 N–H and O–H groups in total. The van der Waals surface area contributed by atoms with Crippen LogP contribution in [0.4, 0.5) is 15.9 Å². The highest BCUT2D eigenvalue weighted by Gasteiger charge is 2.24. The maximum atomic E-state index is 13.4. The predicted octanol–water partition coefficient (Wildman–Crippen LogP) is 3.18. The van der Waals surface area contributed by atoms with Crippen molar-refractivity contribution in [3.63, 3.8) is 0 Å². The number of carbonyl (C=O) groups is 1. The van der Waals surface area contributed by atoms with E-state index in [-0.39, 0.29) is 5.91 Å².